The molecule has 5 aromatic carbocycles. The molecule has 3 aliphatic rings. The first-order valence-electron chi connectivity index (χ1n) is 13.5. The fraction of sp³-hybridized carbons (Fsp3) is 0.114. The highest BCUT2D eigenvalue weighted by Crippen LogP contribution is 2.55. The second-order valence-electron chi connectivity index (χ2n) is 10.7. The first-order valence-corrected chi connectivity index (χ1v) is 13.5. The van der Waals surface area contributed by atoms with Gasteiger partial charge >= 0.3 is 5.97 Å². The quantitative estimate of drug-likeness (QED) is 0.151. The summed E-state index contributed by atoms with van der Waals surface area (Å²) in [5.74, 6) is -3.43. The van der Waals surface area contributed by atoms with Gasteiger partial charge in [0.1, 0.15) is 5.75 Å². The molecular weight excluding hydrogens is 498 g/mol. The number of esters is 1. The predicted molar refractivity (Wildman–Crippen MR) is 154 cm³/mol. The van der Waals surface area contributed by atoms with Gasteiger partial charge in [-0.3, -0.25) is 14.4 Å². The molecule has 0 bridgehead atoms. The minimum atomic E-state index is -0.865. The van der Waals surface area contributed by atoms with E-state index in [-0.39, 0.29) is 17.7 Å². The standard InChI is InChI=1S/C35H23NO4/c37-33-29-27(21-9-2-1-3-10-21)19-28-26-17-15-22-11-6-7-13-25(22)32(26)40-35(39)30(28)31(29)34(38)36(33)24-16-14-20-8-4-5-12-23(20)18-24/h1-19,27,29-31H/t27-,29+,30+,31+/m1/s1. The van der Waals surface area contributed by atoms with Crippen molar-refractivity contribution >= 4 is 50.6 Å². The second-order valence-corrected chi connectivity index (χ2v) is 10.7. The first-order chi connectivity index (χ1) is 19.6. The number of nitrogens with zero attached hydrogens (tertiary/aromatic N) is 1. The van der Waals surface area contributed by atoms with E-state index in [9.17, 15) is 14.4 Å². The molecule has 1 fully saturated rings. The number of anilines is 1. The highest BCUT2D eigenvalue weighted by atomic mass is 16.5. The van der Waals surface area contributed by atoms with Crippen molar-refractivity contribution in [3.63, 3.8) is 0 Å². The van der Waals surface area contributed by atoms with Gasteiger partial charge < -0.3 is 4.74 Å². The zero-order valence-electron chi connectivity index (χ0n) is 21.4. The molecule has 0 saturated carbocycles. The van der Waals surface area contributed by atoms with Crippen LogP contribution in [0.25, 0.3) is 27.1 Å². The van der Waals surface area contributed by atoms with E-state index >= 15 is 0 Å². The third kappa shape index (κ3) is 3.18. The average molecular weight is 522 g/mol. The summed E-state index contributed by atoms with van der Waals surface area (Å²) in [6, 6.07) is 35.0. The van der Waals surface area contributed by atoms with Gasteiger partial charge in [0.05, 0.1) is 23.4 Å². The van der Waals surface area contributed by atoms with Crippen molar-refractivity contribution in [2.24, 2.45) is 17.8 Å². The fourth-order valence-electron chi connectivity index (χ4n) is 6.86. The fourth-order valence-corrected chi connectivity index (χ4v) is 6.86. The van der Waals surface area contributed by atoms with Crippen LogP contribution in [0.3, 0.4) is 0 Å². The van der Waals surface area contributed by atoms with Gasteiger partial charge in [-0.2, -0.15) is 0 Å². The highest BCUT2D eigenvalue weighted by Gasteiger charge is 2.60. The maximum absolute atomic E-state index is 14.3. The number of carbonyl (C=O) groups excluding carboxylic acids is 3. The smallest absolute Gasteiger partial charge is 0.319 e. The molecule has 0 unspecified atom stereocenters. The number of hydrogen-bond donors (Lipinski definition) is 0. The Balaban J connectivity index is 1.32. The van der Waals surface area contributed by atoms with Gasteiger partial charge in [0.25, 0.3) is 0 Å². The Bertz CT molecular complexity index is 1920. The largest absolute Gasteiger partial charge is 0.425 e. The van der Waals surface area contributed by atoms with E-state index in [1.807, 2.05) is 115 Å². The number of amides is 2. The van der Waals surface area contributed by atoms with Crippen molar-refractivity contribution in [2.75, 3.05) is 4.90 Å². The molecule has 2 heterocycles. The van der Waals surface area contributed by atoms with Gasteiger partial charge in [-0.25, -0.2) is 4.90 Å². The Morgan fingerprint density at radius 2 is 1.30 bits per heavy atom. The molecule has 2 aliphatic heterocycles. The summed E-state index contributed by atoms with van der Waals surface area (Å²) in [7, 11) is 0. The number of ether oxygens (including phenoxy) is 1. The van der Waals surface area contributed by atoms with Crippen LogP contribution in [-0.2, 0) is 14.4 Å². The van der Waals surface area contributed by atoms with Crippen molar-refractivity contribution < 1.29 is 19.1 Å². The molecule has 5 aromatic rings. The van der Waals surface area contributed by atoms with E-state index in [2.05, 4.69) is 0 Å². The number of rotatable bonds is 2. The summed E-state index contributed by atoms with van der Waals surface area (Å²) in [5, 5.41) is 3.77. The Kier molecular flexibility index (Phi) is 4.86. The lowest BCUT2D eigenvalue weighted by atomic mass is 9.64. The summed E-state index contributed by atoms with van der Waals surface area (Å²) in [4.78, 5) is 43.5. The molecule has 0 spiro atoms. The SMILES string of the molecule is O=C1Oc2c(ccc3ccccc23)C2=C[C@H](c3ccccc3)[C@@H]3C(=O)N(c4ccc5ccccc5c4)C(=O)[C@@H]3[C@@H]12. The normalized spacial score (nSPS) is 23.4. The van der Waals surface area contributed by atoms with Gasteiger partial charge in [-0.05, 0) is 39.4 Å². The molecule has 0 radical (unpaired) electrons. The van der Waals surface area contributed by atoms with E-state index in [4.69, 9.17) is 4.74 Å². The predicted octanol–water partition coefficient (Wildman–Crippen LogP) is 6.51. The Morgan fingerprint density at radius 1 is 0.625 bits per heavy atom. The number of fused-ring (bicyclic) bond motifs is 8. The minimum absolute atomic E-state index is 0.286. The zero-order chi connectivity index (χ0) is 27.0. The van der Waals surface area contributed by atoms with Crippen LogP contribution in [0.15, 0.2) is 115 Å². The molecule has 0 aromatic heterocycles. The number of hydrogen-bond acceptors (Lipinski definition) is 4. The molecular formula is C35H23NO4. The topological polar surface area (TPSA) is 63.7 Å². The summed E-state index contributed by atoms with van der Waals surface area (Å²) < 4.78 is 5.98. The van der Waals surface area contributed by atoms with Gasteiger partial charge in [0, 0.05) is 16.9 Å². The lowest BCUT2D eigenvalue weighted by molar-refractivity contribution is -0.142. The number of benzene rings is 5. The molecule has 5 nitrogen and oxygen atoms in total. The van der Waals surface area contributed by atoms with Crippen LogP contribution in [0.1, 0.15) is 17.0 Å². The Hall–Kier alpha value is -5.03. The van der Waals surface area contributed by atoms with Crippen LogP contribution >= 0.6 is 0 Å². The molecule has 1 aliphatic carbocycles. The van der Waals surface area contributed by atoms with Crippen LogP contribution in [0.4, 0.5) is 5.69 Å². The molecule has 192 valence electrons. The molecule has 40 heavy (non-hydrogen) atoms. The molecule has 2 amide bonds. The van der Waals surface area contributed by atoms with Crippen molar-refractivity contribution in [2.45, 2.75) is 5.92 Å². The lowest BCUT2D eigenvalue weighted by Gasteiger charge is -2.38. The Labute approximate surface area is 230 Å². The lowest BCUT2D eigenvalue weighted by Crippen LogP contribution is -2.42. The Morgan fingerprint density at radius 3 is 2.12 bits per heavy atom. The van der Waals surface area contributed by atoms with E-state index in [0.29, 0.717) is 11.4 Å². The zero-order valence-corrected chi connectivity index (χ0v) is 21.4. The second kappa shape index (κ2) is 8.48. The van der Waals surface area contributed by atoms with Crippen molar-refractivity contribution in [1.29, 1.82) is 0 Å². The molecule has 5 heteroatoms. The van der Waals surface area contributed by atoms with E-state index < -0.39 is 23.7 Å². The molecule has 0 N–H and O–H groups in total. The van der Waals surface area contributed by atoms with E-state index in [1.165, 1.54) is 4.90 Å². The van der Waals surface area contributed by atoms with Crippen LogP contribution < -0.4 is 9.64 Å². The minimum Gasteiger partial charge on any atom is -0.425 e. The third-order valence-electron chi connectivity index (χ3n) is 8.66. The van der Waals surface area contributed by atoms with Gasteiger partial charge in [0.15, 0.2) is 0 Å². The van der Waals surface area contributed by atoms with Crippen LogP contribution in [0, 0.1) is 17.8 Å². The van der Waals surface area contributed by atoms with E-state index in [0.717, 1.165) is 38.2 Å². The van der Waals surface area contributed by atoms with Crippen LogP contribution in [0.5, 0.6) is 5.75 Å². The summed E-state index contributed by atoms with van der Waals surface area (Å²) >= 11 is 0. The molecule has 1 saturated heterocycles. The number of imide groups is 1. The molecule has 4 atom stereocenters. The first kappa shape index (κ1) is 22.9. The van der Waals surface area contributed by atoms with Crippen LogP contribution in [-0.4, -0.2) is 17.8 Å². The van der Waals surface area contributed by atoms with Gasteiger partial charge in [-0.15, -0.1) is 0 Å². The summed E-state index contributed by atoms with van der Waals surface area (Å²) in [5.41, 5.74) is 3.01. The van der Waals surface area contributed by atoms with Crippen molar-refractivity contribution in [3.8, 4) is 5.75 Å². The maximum Gasteiger partial charge on any atom is 0.319 e. The van der Waals surface area contributed by atoms with Gasteiger partial charge in [-0.1, -0.05) is 103 Å². The monoisotopic (exact) mass is 521 g/mol. The van der Waals surface area contributed by atoms with Crippen molar-refractivity contribution in [1.82, 2.24) is 0 Å². The maximum atomic E-state index is 14.3. The summed E-state index contributed by atoms with van der Waals surface area (Å²) in [6.45, 7) is 0. The number of allylic oxidation sites excluding steroid dienone is 1. The highest BCUT2D eigenvalue weighted by molar-refractivity contribution is 6.25. The van der Waals surface area contributed by atoms with Crippen LogP contribution in [0.2, 0.25) is 0 Å². The third-order valence-corrected chi connectivity index (χ3v) is 8.66. The van der Waals surface area contributed by atoms with E-state index in [1.54, 1.807) is 0 Å². The van der Waals surface area contributed by atoms with Crippen molar-refractivity contribution in [3.05, 3.63) is 126 Å². The van der Waals surface area contributed by atoms with Gasteiger partial charge in [0.2, 0.25) is 11.8 Å². The summed E-state index contributed by atoms with van der Waals surface area (Å²) in [6.07, 6.45) is 2.03. The molecule has 8 rings (SSSR count). The number of carbonyl (C=O) groups is 3. The average Bonchev–Trinajstić information content (AvgIpc) is 3.26.